The molecule has 2 aromatic rings. The van der Waals surface area contributed by atoms with Gasteiger partial charge in [0.15, 0.2) is 18.1 Å². The third kappa shape index (κ3) is 4.15. The molecule has 22 heavy (non-hydrogen) atoms. The second-order valence-electron chi connectivity index (χ2n) is 4.79. The fourth-order valence-electron chi connectivity index (χ4n) is 1.95. The molecule has 0 fully saturated rings. The number of nitrogens with two attached hydrogens (primary N) is 1. The minimum atomic E-state index is -0.250. The van der Waals surface area contributed by atoms with Crippen molar-refractivity contribution in [3.63, 3.8) is 0 Å². The molecule has 0 spiro atoms. The van der Waals surface area contributed by atoms with E-state index in [-0.39, 0.29) is 12.5 Å². The maximum atomic E-state index is 12.0. The van der Waals surface area contributed by atoms with E-state index in [0.29, 0.717) is 29.5 Å². The van der Waals surface area contributed by atoms with Crippen LogP contribution in [0.4, 0.5) is 11.4 Å². The van der Waals surface area contributed by atoms with Crippen molar-refractivity contribution in [2.45, 2.75) is 13.8 Å². The zero-order valence-corrected chi connectivity index (χ0v) is 12.8. The van der Waals surface area contributed by atoms with Gasteiger partial charge in [0, 0.05) is 11.4 Å². The van der Waals surface area contributed by atoms with Crippen LogP contribution in [-0.2, 0) is 4.79 Å². The largest absolute Gasteiger partial charge is 0.490 e. The van der Waals surface area contributed by atoms with Crippen LogP contribution in [0.15, 0.2) is 42.5 Å². The highest BCUT2D eigenvalue weighted by molar-refractivity contribution is 5.93. The Labute approximate surface area is 130 Å². The minimum Gasteiger partial charge on any atom is -0.490 e. The van der Waals surface area contributed by atoms with E-state index in [1.54, 1.807) is 24.3 Å². The van der Waals surface area contributed by atoms with Crippen LogP contribution in [0.3, 0.4) is 0 Å². The molecular formula is C17H20N2O3. The Bertz CT molecular complexity index is 656. The quantitative estimate of drug-likeness (QED) is 0.804. The third-order valence-electron chi connectivity index (χ3n) is 3.04. The standard InChI is InChI=1S/C17H20N2O3/c1-3-21-15-6-4-5-7-16(15)22-11-17(20)19-14-10-13(18)9-8-12(14)2/h4-10H,3,11,18H2,1-2H3,(H,19,20). The molecule has 0 unspecified atom stereocenters. The lowest BCUT2D eigenvalue weighted by atomic mass is 10.2. The summed E-state index contributed by atoms with van der Waals surface area (Å²) in [6.07, 6.45) is 0. The van der Waals surface area contributed by atoms with E-state index < -0.39 is 0 Å². The van der Waals surface area contributed by atoms with Gasteiger partial charge in [0.2, 0.25) is 0 Å². The number of carbonyl (C=O) groups excluding carboxylic acids is 1. The topological polar surface area (TPSA) is 73.6 Å². The van der Waals surface area contributed by atoms with Gasteiger partial charge in [-0.2, -0.15) is 0 Å². The van der Waals surface area contributed by atoms with Crippen LogP contribution < -0.4 is 20.5 Å². The maximum absolute atomic E-state index is 12.0. The number of anilines is 2. The molecule has 1 amide bonds. The molecule has 0 aliphatic rings. The van der Waals surface area contributed by atoms with E-state index in [1.165, 1.54) is 0 Å². The average molecular weight is 300 g/mol. The van der Waals surface area contributed by atoms with Crippen molar-refractivity contribution < 1.29 is 14.3 Å². The molecular weight excluding hydrogens is 280 g/mol. The van der Waals surface area contributed by atoms with Gasteiger partial charge in [0.25, 0.3) is 5.91 Å². The first kappa shape index (κ1) is 15.7. The lowest BCUT2D eigenvalue weighted by Gasteiger charge is -2.12. The van der Waals surface area contributed by atoms with Crippen molar-refractivity contribution in [2.75, 3.05) is 24.3 Å². The van der Waals surface area contributed by atoms with Gasteiger partial charge in [0.05, 0.1) is 6.61 Å². The second kappa shape index (κ2) is 7.36. The van der Waals surface area contributed by atoms with Gasteiger partial charge in [-0.1, -0.05) is 18.2 Å². The molecule has 0 radical (unpaired) electrons. The van der Waals surface area contributed by atoms with Crippen LogP contribution in [0.2, 0.25) is 0 Å². The molecule has 5 nitrogen and oxygen atoms in total. The van der Waals surface area contributed by atoms with Crippen LogP contribution >= 0.6 is 0 Å². The first-order valence-electron chi connectivity index (χ1n) is 7.10. The number of nitrogen functional groups attached to an aromatic ring is 1. The lowest BCUT2D eigenvalue weighted by molar-refractivity contribution is -0.118. The Hall–Kier alpha value is -2.69. The molecule has 2 aromatic carbocycles. The van der Waals surface area contributed by atoms with Gasteiger partial charge in [-0.05, 0) is 43.7 Å². The molecule has 3 N–H and O–H groups in total. The maximum Gasteiger partial charge on any atom is 0.262 e. The third-order valence-corrected chi connectivity index (χ3v) is 3.04. The highest BCUT2D eigenvalue weighted by Crippen LogP contribution is 2.26. The van der Waals surface area contributed by atoms with Crippen molar-refractivity contribution in [2.24, 2.45) is 0 Å². The van der Waals surface area contributed by atoms with E-state index in [1.807, 2.05) is 32.0 Å². The molecule has 0 bridgehead atoms. The molecule has 2 rings (SSSR count). The zero-order valence-electron chi connectivity index (χ0n) is 12.8. The van der Waals surface area contributed by atoms with Crippen molar-refractivity contribution in [3.05, 3.63) is 48.0 Å². The number of rotatable bonds is 6. The highest BCUT2D eigenvalue weighted by atomic mass is 16.5. The average Bonchev–Trinajstić information content (AvgIpc) is 2.50. The molecule has 116 valence electrons. The minimum absolute atomic E-state index is 0.0989. The molecule has 0 aliphatic carbocycles. The van der Waals surface area contributed by atoms with Crippen LogP contribution in [0.25, 0.3) is 0 Å². The van der Waals surface area contributed by atoms with Gasteiger partial charge in [0.1, 0.15) is 0 Å². The van der Waals surface area contributed by atoms with E-state index in [2.05, 4.69) is 5.32 Å². The Balaban J connectivity index is 1.97. The lowest BCUT2D eigenvalue weighted by Crippen LogP contribution is -2.21. The number of carbonyl (C=O) groups is 1. The number of nitrogens with one attached hydrogen (secondary N) is 1. The SMILES string of the molecule is CCOc1ccccc1OCC(=O)Nc1cc(N)ccc1C. The van der Waals surface area contributed by atoms with Gasteiger partial charge >= 0.3 is 0 Å². The summed E-state index contributed by atoms with van der Waals surface area (Å²) in [7, 11) is 0. The molecule has 0 saturated heterocycles. The smallest absolute Gasteiger partial charge is 0.262 e. The summed E-state index contributed by atoms with van der Waals surface area (Å²) >= 11 is 0. The van der Waals surface area contributed by atoms with Crippen molar-refractivity contribution in [1.82, 2.24) is 0 Å². The van der Waals surface area contributed by atoms with Gasteiger partial charge in [-0.3, -0.25) is 4.79 Å². The number of hydrogen-bond acceptors (Lipinski definition) is 4. The molecule has 5 heteroatoms. The summed E-state index contributed by atoms with van der Waals surface area (Å²) in [4.78, 5) is 12.0. The first-order chi connectivity index (χ1) is 10.6. The predicted molar refractivity (Wildman–Crippen MR) is 87.3 cm³/mol. The van der Waals surface area contributed by atoms with Gasteiger partial charge < -0.3 is 20.5 Å². The Morgan fingerprint density at radius 2 is 1.82 bits per heavy atom. The highest BCUT2D eigenvalue weighted by Gasteiger charge is 2.09. The zero-order chi connectivity index (χ0) is 15.9. The molecule has 0 aromatic heterocycles. The normalized spacial score (nSPS) is 10.1. The van der Waals surface area contributed by atoms with E-state index in [0.717, 1.165) is 5.56 Å². The number of amides is 1. The summed E-state index contributed by atoms with van der Waals surface area (Å²) in [6.45, 7) is 4.24. The summed E-state index contributed by atoms with van der Waals surface area (Å²) in [5, 5.41) is 2.79. The Morgan fingerprint density at radius 1 is 1.14 bits per heavy atom. The number of para-hydroxylation sites is 2. The van der Waals surface area contributed by atoms with Crippen molar-refractivity contribution >= 4 is 17.3 Å². The molecule has 0 atom stereocenters. The fourth-order valence-corrected chi connectivity index (χ4v) is 1.95. The summed E-state index contributed by atoms with van der Waals surface area (Å²) in [5.41, 5.74) is 7.95. The second-order valence-corrected chi connectivity index (χ2v) is 4.79. The number of benzene rings is 2. The van der Waals surface area contributed by atoms with E-state index in [4.69, 9.17) is 15.2 Å². The van der Waals surface area contributed by atoms with Crippen LogP contribution in [0.1, 0.15) is 12.5 Å². The molecule has 0 saturated carbocycles. The number of hydrogen-bond donors (Lipinski definition) is 2. The predicted octanol–water partition coefficient (Wildman–Crippen LogP) is 2.99. The first-order valence-corrected chi connectivity index (χ1v) is 7.10. The van der Waals surface area contributed by atoms with Crippen molar-refractivity contribution in [1.29, 1.82) is 0 Å². The van der Waals surface area contributed by atoms with Crippen molar-refractivity contribution in [3.8, 4) is 11.5 Å². The summed E-state index contributed by atoms with van der Waals surface area (Å²) in [6, 6.07) is 12.6. The Kier molecular flexibility index (Phi) is 5.25. The van der Waals surface area contributed by atoms with E-state index >= 15 is 0 Å². The van der Waals surface area contributed by atoms with Crippen LogP contribution in [-0.4, -0.2) is 19.1 Å². The van der Waals surface area contributed by atoms with Crippen LogP contribution in [0, 0.1) is 6.92 Å². The van der Waals surface area contributed by atoms with Gasteiger partial charge in [-0.25, -0.2) is 0 Å². The van der Waals surface area contributed by atoms with Gasteiger partial charge in [-0.15, -0.1) is 0 Å². The number of aryl methyl sites for hydroxylation is 1. The summed E-state index contributed by atoms with van der Waals surface area (Å²) in [5.74, 6) is 0.918. The molecule has 0 heterocycles. The number of ether oxygens (including phenoxy) is 2. The van der Waals surface area contributed by atoms with E-state index in [9.17, 15) is 4.79 Å². The molecule has 0 aliphatic heterocycles. The fraction of sp³-hybridized carbons (Fsp3) is 0.235. The summed E-state index contributed by atoms with van der Waals surface area (Å²) < 4.78 is 11.0. The van der Waals surface area contributed by atoms with Crippen LogP contribution in [0.5, 0.6) is 11.5 Å². The monoisotopic (exact) mass is 300 g/mol. The Morgan fingerprint density at radius 3 is 2.50 bits per heavy atom.